The van der Waals surface area contributed by atoms with Gasteiger partial charge in [-0.2, -0.15) is 0 Å². The minimum absolute atomic E-state index is 0.00725. The molecule has 1 saturated heterocycles. The highest BCUT2D eigenvalue weighted by molar-refractivity contribution is 5.71. The molecule has 114 valence electrons. The lowest BCUT2D eigenvalue weighted by Crippen LogP contribution is -2.23. The van der Waals surface area contributed by atoms with Gasteiger partial charge in [-0.3, -0.25) is 19.8 Å². The number of hydrogen-bond donors (Lipinski definition) is 1. The van der Waals surface area contributed by atoms with Crippen molar-refractivity contribution in [2.75, 3.05) is 20.2 Å². The Labute approximate surface area is 122 Å². The Morgan fingerprint density at radius 2 is 2.24 bits per heavy atom. The number of nitro groups is 1. The average Bonchev–Trinajstić information content (AvgIpc) is 2.79. The molecule has 0 bridgehead atoms. The number of hydrogen-bond acceptors (Lipinski definition) is 5. The van der Waals surface area contributed by atoms with Crippen LogP contribution < -0.4 is 4.74 Å². The molecular formula is C14H18N2O5. The molecule has 1 aliphatic rings. The minimum Gasteiger partial charge on any atom is -0.496 e. The number of aliphatic carboxylic acids is 1. The van der Waals surface area contributed by atoms with Crippen LogP contribution in [0.15, 0.2) is 18.2 Å². The summed E-state index contributed by atoms with van der Waals surface area (Å²) in [6.45, 7) is 3.45. The number of benzene rings is 1. The smallest absolute Gasteiger partial charge is 0.308 e. The Bertz CT molecular complexity index is 560. The zero-order valence-electron chi connectivity index (χ0n) is 12.0. The highest BCUT2D eigenvalue weighted by atomic mass is 16.6. The van der Waals surface area contributed by atoms with Crippen LogP contribution in [0.3, 0.4) is 0 Å². The number of nitrogens with zero attached hydrogens (tertiary/aromatic N) is 2. The fraction of sp³-hybridized carbons (Fsp3) is 0.500. The van der Waals surface area contributed by atoms with Crippen LogP contribution in [0.2, 0.25) is 0 Å². The monoisotopic (exact) mass is 294 g/mol. The van der Waals surface area contributed by atoms with Crippen LogP contribution in [0.1, 0.15) is 12.5 Å². The average molecular weight is 294 g/mol. The van der Waals surface area contributed by atoms with E-state index in [1.807, 2.05) is 11.8 Å². The van der Waals surface area contributed by atoms with E-state index >= 15 is 0 Å². The summed E-state index contributed by atoms with van der Waals surface area (Å²) in [5.41, 5.74) is 0.706. The van der Waals surface area contributed by atoms with Crippen LogP contribution >= 0.6 is 0 Å². The van der Waals surface area contributed by atoms with Gasteiger partial charge >= 0.3 is 5.97 Å². The lowest BCUT2D eigenvalue weighted by atomic mass is 9.99. The highest BCUT2D eigenvalue weighted by Crippen LogP contribution is 2.29. The van der Waals surface area contributed by atoms with Crippen LogP contribution in [0.5, 0.6) is 5.75 Å². The third kappa shape index (κ3) is 3.30. The summed E-state index contributed by atoms with van der Waals surface area (Å²) in [6, 6.07) is 4.45. The van der Waals surface area contributed by atoms with Crippen molar-refractivity contribution in [1.82, 2.24) is 4.90 Å². The first-order valence-corrected chi connectivity index (χ1v) is 6.68. The SMILES string of the molecule is COc1ccc([N+](=O)[O-])cc1CN1CC(C)C(C(=O)O)C1. The molecule has 1 aromatic rings. The Hall–Kier alpha value is -2.15. The summed E-state index contributed by atoms with van der Waals surface area (Å²) < 4.78 is 5.23. The number of nitro benzene ring substituents is 1. The van der Waals surface area contributed by atoms with Gasteiger partial charge in [-0.1, -0.05) is 6.92 Å². The van der Waals surface area contributed by atoms with Crippen molar-refractivity contribution in [2.45, 2.75) is 13.5 Å². The lowest BCUT2D eigenvalue weighted by molar-refractivity contribution is -0.385. The first kappa shape index (κ1) is 15.2. The third-order valence-corrected chi connectivity index (χ3v) is 3.87. The molecule has 7 heteroatoms. The van der Waals surface area contributed by atoms with Gasteiger partial charge in [-0.05, 0) is 12.0 Å². The van der Waals surface area contributed by atoms with Gasteiger partial charge in [0.25, 0.3) is 5.69 Å². The molecule has 0 saturated carbocycles. The minimum atomic E-state index is -0.795. The van der Waals surface area contributed by atoms with Crippen LogP contribution in [0.4, 0.5) is 5.69 Å². The molecule has 21 heavy (non-hydrogen) atoms. The van der Waals surface area contributed by atoms with Crippen molar-refractivity contribution in [3.05, 3.63) is 33.9 Å². The molecule has 0 spiro atoms. The summed E-state index contributed by atoms with van der Waals surface area (Å²) in [5, 5.41) is 20.0. The molecule has 1 N–H and O–H groups in total. The number of likely N-dealkylation sites (tertiary alicyclic amines) is 1. The van der Waals surface area contributed by atoms with Crippen molar-refractivity contribution in [3.8, 4) is 5.75 Å². The van der Waals surface area contributed by atoms with Crippen LogP contribution in [-0.2, 0) is 11.3 Å². The van der Waals surface area contributed by atoms with Gasteiger partial charge in [0.05, 0.1) is 18.0 Å². The number of carboxylic acid groups (broad SMARTS) is 1. The predicted molar refractivity (Wildman–Crippen MR) is 75.2 cm³/mol. The molecule has 2 unspecified atom stereocenters. The highest BCUT2D eigenvalue weighted by Gasteiger charge is 2.34. The molecule has 0 aliphatic carbocycles. The molecule has 1 aliphatic heterocycles. The second kappa shape index (κ2) is 6.09. The number of methoxy groups -OCH3 is 1. The molecule has 0 amide bonds. The van der Waals surface area contributed by atoms with E-state index in [4.69, 9.17) is 9.84 Å². The Morgan fingerprint density at radius 3 is 2.76 bits per heavy atom. The van der Waals surface area contributed by atoms with Crippen molar-refractivity contribution in [1.29, 1.82) is 0 Å². The summed E-state index contributed by atoms with van der Waals surface area (Å²) >= 11 is 0. The van der Waals surface area contributed by atoms with E-state index in [1.165, 1.54) is 19.2 Å². The zero-order valence-corrected chi connectivity index (χ0v) is 12.0. The Kier molecular flexibility index (Phi) is 4.42. The van der Waals surface area contributed by atoms with Crippen molar-refractivity contribution in [2.24, 2.45) is 11.8 Å². The normalized spacial score (nSPS) is 22.2. The molecule has 1 fully saturated rings. The molecular weight excluding hydrogens is 276 g/mol. The topological polar surface area (TPSA) is 92.9 Å². The van der Waals surface area contributed by atoms with Gasteiger partial charge in [-0.15, -0.1) is 0 Å². The van der Waals surface area contributed by atoms with Gasteiger partial charge in [0, 0.05) is 37.3 Å². The summed E-state index contributed by atoms with van der Waals surface area (Å²) in [7, 11) is 1.51. The number of rotatable bonds is 5. The van der Waals surface area contributed by atoms with E-state index in [0.29, 0.717) is 30.9 Å². The zero-order chi connectivity index (χ0) is 15.6. The van der Waals surface area contributed by atoms with Crippen molar-refractivity contribution in [3.63, 3.8) is 0 Å². The molecule has 0 aromatic heterocycles. The number of carbonyl (C=O) groups is 1. The maximum absolute atomic E-state index is 11.1. The van der Waals surface area contributed by atoms with Crippen LogP contribution in [-0.4, -0.2) is 41.1 Å². The molecule has 2 atom stereocenters. The first-order valence-electron chi connectivity index (χ1n) is 6.68. The fourth-order valence-corrected chi connectivity index (χ4v) is 2.76. The van der Waals surface area contributed by atoms with Crippen molar-refractivity contribution >= 4 is 11.7 Å². The predicted octanol–water partition coefficient (Wildman–Crippen LogP) is 1.76. The first-order chi connectivity index (χ1) is 9.92. The van der Waals surface area contributed by atoms with E-state index in [1.54, 1.807) is 6.07 Å². The van der Waals surface area contributed by atoms with Gasteiger partial charge in [0.1, 0.15) is 5.75 Å². The van der Waals surface area contributed by atoms with E-state index in [9.17, 15) is 14.9 Å². The standard InChI is InChI=1S/C14H18N2O5/c1-9-6-15(8-12(9)14(17)18)7-10-5-11(16(19)20)3-4-13(10)21-2/h3-5,9,12H,6-8H2,1-2H3,(H,17,18). The maximum Gasteiger partial charge on any atom is 0.308 e. The number of ether oxygens (including phenoxy) is 1. The van der Waals surface area contributed by atoms with Gasteiger partial charge in [-0.25, -0.2) is 0 Å². The maximum atomic E-state index is 11.1. The molecule has 0 radical (unpaired) electrons. The molecule has 1 heterocycles. The van der Waals surface area contributed by atoms with Gasteiger partial charge in [0.2, 0.25) is 0 Å². The second-order valence-electron chi connectivity index (χ2n) is 5.37. The second-order valence-corrected chi connectivity index (χ2v) is 5.37. The Morgan fingerprint density at radius 1 is 1.52 bits per heavy atom. The number of non-ortho nitro benzene ring substituents is 1. The third-order valence-electron chi connectivity index (χ3n) is 3.87. The van der Waals surface area contributed by atoms with E-state index < -0.39 is 16.8 Å². The summed E-state index contributed by atoms with van der Waals surface area (Å²) in [5.74, 6) is -0.551. The van der Waals surface area contributed by atoms with Gasteiger partial charge in [0.15, 0.2) is 0 Å². The van der Waals surface area contributed by atoms with Gasteiger partial charge < -0.3 is 9.84 Å². The van der Waals surface area contributed by atoms with Crippen molar-refractivity contribution < 1.29 is 19.6 Å². The molecule has 1 aromatic carbocycles. The Balaban J connectivity index is 2.17. The van der Waals surface area contributed by atoms with E-state index in [2.05, 4.69) is 0 Å². The lowest BCUT2D eigenvalue weighted by Gasteiger charge is -2.17. The van der Waals surface area contributed by atoms with E-state index in [0.717, 1.165) is 0 Å². The van der Waals surface area contributed by atoms with Crippen LogP contribution in [0, 0.1) is 22.0 Å². The molecule has 2 rings (SSSR count). The molecule has 7 nitrogen and oxygen atoms in total. The summed E-state index contributed by atoms with van der Waals surface area (Å²) in [6.07, 6.45) is 0. The largest absolute Gasteiger partial charge is 0.496 e. The summed E-state index contributed by atoms with van der Waals surface area (Å²) in [4.78, 5) is 23.5. The van der Waals surface area contributed by atoms with Crippen LogP contribution in [0.25, 0.3) is 0 Å². The fourth-order valence-electron chi connectivity index (χ4n) is 2.76. The van der Waals surface area contributed by atoms with E-state index in [-0.39, 0.29) is 11.6 Å². The number of carboxylic acids is 1. The quantitative estimate of drug-likeness (QED) is 0.657.